The highest BCUT2D eigenvalue weighted by Crippen LogP contribution is 2.35. The van der Waals surface area contributed by atoms with Gasteiger partial charge in [0.1, 0.15) is 10.8 Å². The molecule has 1 heterocycles. The molecule has 162 valence electrons. The van der Waals surface area contributed by atoms with Crippen molar-refractivity contribution in [2.45, 2.75) is 27.2 Å². The van der Waals surface area contributed by atoms with Gasteiger partial charge in [-0.1, -0.05) is 44.2 Å². The predicted octanol–water partition coefficient (Wildman–Crippen LogP) is 5.80. The van der Waals surface area contributed by atoms with Crippen LogP contribution in [0.15, 0.2) is 53.0 Å². The molecule has 0 radical (unpaired) electrons. The summed E-state index contributed by atoms with van der Waals surface area (Å²) < 4.78 is 6.44. The van der Waals surface area contributed by atoms with Crippen LogP contribution in [0.4, 0.5) is 5.00 Å². The van der Waals surface area contributed by atoms with Gasteiger partial charge in [-0.3, -0.25) is 9.59 Å². The zero-order valence-corrected chi connectivity index (χ0v) is 20.1. The predicted molar refractivity (Wildman–Crippen MR) is 129 cm³/mol. The van der Waals surface area contributed by atoms with Crippen LogP contribution in [0.25, 0.3) is 0 Å². The van der Waals surface area contributed by atoms with Crippen LogP contribution in [0.1, 0.15) is 50.6 Å². The Morgan fingerprint density at radius 3 is 2.48 bits per heavy atom. The molecule has 0 fully saturated rings. The van der Waals surface area contributed by atoms with Gasteiger partial charge in [0.15, 0.2) is 0 Å². The molecule has 3 rings (SSSR count). The van der Waals surface area contributed by atoms with E-state index in [9.17, 15) is 9.59 Å². The first kappa shape index (κ1) is 23.0. The number of carbonyl (C=O) groups is 2. The molecule has 5 nitrogen and oxygen atoms in total. The number of ether oxygens (including phenoxy) is 1. The number of amides is 2. The molecule has 0 atom stereocenters. The summed E-state index contributed by atoms with van der Waals surface area (Å²) in [7, 11) is 0. The zero-order valence-electron chi connectivity index (χ0n) is 17.7. The Kier molecular flexibility index (Phi) is 7.51. The van der Waals surface area contributed by atoms with Crippen molar-refractivity contribution in [1.82, 2.24) is 0 Å². The van der Waals surface area contributed by atoms with Crippen molar-refractivity contribution in [2.75, 3.05) is 11.9 Å². The van der Waals surface area contributed by atoms with Crippen molar-refractivity contribution >= 4 is 44.1 Å². The van der Waals surface area contributed by atoms with Gasteiger partial charge in [0, 0.05) is 16.9 Å². The molecule has 0 aliphatic carbocycles. The maximum atomic E-state index is 12.9. The minimum atomic E-state index is -0.554. The number of carbonyl (C=O) groups excluding carboxylic acids is 2. The summed E-state index contributed by atoms with van der Waals surface area (Å²) in [5, 5.41) is 3.34. The average Bonchev–Trinajstić information content (AvgIpc) is 3.02. The summed E-state index contributed by atoms with van der Waals surface area (Å²) in [6.07, 6.45) is 0.668. The number of halogens is 1. The van der Waals surface area contributed by atoms with Gasteiger partial charge >= 0.3 is 0 Å². The van der Waals surface area contributed by atoms with Crippen LogP contribution < -0.4 is 15.8 Å². The maximum absolute atomic E-state index is 12.9. The highest BCUT2D eigenvalue weighted by Gasteiger charge is 2.21. The molecular formula is C24H25BrN2O3S. The second kappa shape index (κ2) is 10.1. The minimum Gasteiger partial charge on any atom is -0.492 e. The van der Waals surface area contributed by atoms with Crippen LogP contribution in [0.5, 0.6) is 5.75 Å². The minimum absolute atomic E-state index is 0.314. The molecule has 0 aliphatic rings. The van der Waals surface area contributed by atoms with Gasteiger partial charge in [-0.25, -0.2) is 0 Å². The lowest BCUT2D eigenvalue weighted by atomic mass is 10.1. The van der Waals surface area contributed by atoms with E-state index in [1.165, 1.54) is 11.3 Å². The van der Waals surface area contributed by atoms with Crippen molar-refractivity contribution in [1.29, 1.82) is 0 Å². The van der Waals surface area contributed by atoms with Gasteiger partial charge in [-0.15, -0.1) is 11.3 Å². The summed E-state index contributed by atoms with van der Waals surface area (Å²) in [6, 6.07) is 15.1. The Bertz CT molecular complexity index is 1090. The smallest absolute Gasteiger partial charge is 0.256 e. The molecule has 0 saturated heterocycles. The second-order valence-electron chi connectivity index (χ2n) is 7.69. The van der Waals surface area contributed by atoms with Crippen molar-refractivity contribution in [2.24, 2.45) is 11.7 Å². The van der Waals surface area contributed by atoms with Crippen LogP contribution in [-0.2, 0) is 6.42 Å². The fourth-order valence-corrected chi connectivity index (χ4v) is 4.82. The molecule has 0 unspecified atom stereocenters. The summed E-state index contributed by atoms with van der Waals surface area (Å²) >= 11 is 4.85. The van der Waals surface area contributed by atoms with Crippen LogP contribution in [-0.4, -0.2) is 18.4 Å². The Labute approximate surface area is 194 Å². The third-order valence-corrected chi connectivity index (χ3v) is 6.52. The van der Waals surface area contributed by atoms with Crippen molar-refractivity contribution in [3.8, 4) is 5.75 Å². The number of nitrogens with one attached hydrogen (secondary N) is 1. The zero-order chi connectivity index (χ0) is 22.5. The summed E-state index contributed by atoms with van der Waals surface area (Å²) in [5.41, 5.74) is 8.37. The number of nitrogens with two attached hydrogens (primary N) is 1. The van der Waals surface area contributed by atoms with Gasteiger partial charge in [-0.2, -0.15) is 0 Å². The Hall–Kier alpha value is -2.64. The monoisotopic (exact) mass is 500 g/mol. The molecule has 0 saturated carbocycles. The van der Waals surface area contributed by atoms with E-state index in [2.05, 4.69) is 35.1 Å². The highest BCUT2D eigenvalue weighted by molar-refractivity contribution is 9.10. The van der Waals surface area contributed by atoms with E-state index in [1.807, 2.05) is 37.3 Å². The molecule has 3 N–H and O–H groups in total. The summed E-state index contributed by atoms with van der Waals surface area (Å²) in [5.74, 6) is 0.211. The quantitative estimate of drug-likeness (QED) is 0.410. The van der Waals surface area contributed by atoms with Gasteiger partial charge in [-0.05, 0) is 58.1 Å². The van der Waals surface area contributed by atoms with E-state index in [-0.39, 0.29) is 5.91 Å². The van der Waals surface area contributed by atoms with E-state index in [4.69, 9.17) is 10.5 Å². The Balaban J connectivity index is 1.83. The second-order valence-corrected chi connectivity index (χ2v) is 9.64. The Morgan fingerprint density at radius 1 is 1.16 bits per heavy atom. The number of rotatable bonds is 8. The molecule has 7 heteroatoms. The van der Waals surface area contributed by atoms with Crippen LogP contribution in [0.2, 0.25) is 0 Å². The fourth-order valence-electron chi connectivity index (χ4n) is 3.09. The number of hydrogen-bond acceptors (Lipinski definition) is 4. The topological polar surface area (TPSA) is 81.4 Å². The standard InChI is InChI=1S/C24H25BrN2O3S/c1-14(2)13-30-19-10-9-17(12-18(19)25)23(29)27-24-21(22(26)28)15(3)20(31-24)11-16-7-5-4-6-8-16/h4-10,12,14H,11,13H2,1-3H3,(H2,26,28)(H,27,29). The summed E-state index contributed by atoms with van der Waals surface area (Å²) in [6.45, 7) is 6.59. The number of hydrogen-bond donors (Lipinski definition) is 2. The van der Waals surface area contributed by atoms with Gasteiger partial charge in [0.05, 0.1) is 16.6 Å². The molecule has 0 bridgehead atoms. The van der Waals surface area contributed by atoms with E-state index in [0.29, 0.717) is 45.3 Å². The third kappa shape index (κ3) is 5.74. The Morgan fingerprint density at radius 2 is 1.87 bits per heavy atom. The van der Waals surface area contributed by atoms with E-state index < -0.39 is 5.91 Å². The number of thiophene rings is 1. The van der Waals surface area contributed by atoms with Crippen molar-refractivity contribution in [3.63, 3.8) is 0 Å². The average molecular weight is 501 g/mol. The lowest BCUT2D eigenvalue weighted by molar-refractivity contribution is 0.100. The van der Waals surface area contributed by atoms with Crippen molar-refractivity contribution in [3.05, 3.63) is 80.1 Å². The molecule has 0 spiro atoms. The molecule has 0 aliphatic heterocycles. The third-order valence-electron chi connectivity index (χ3n) is 4.69. The van der Waals surface area contributed by atoms with Crippen molar-refractivity contribution < 1.29 is 14.3 Å². The first-order valence-corrected chi connectivity index (χ1v) is 11.6. The highest BCUT2D eigenvalue weighted by atomic mass is 79.9. The fraction of sp³-hybridized carbons (Fsp3) is 0.250. The first-order chi connectivity index (χ1) is 14.8. The maximum Gasteiger partial charge on any atom is 0.256 e. The molecule has 2 amide bonds. The SMILES string of the molecule is Cc1c(Cc2ccccc2)sc(NC(=O)c2ccc(OCC(C)C)c(Br)c2)c1C(N)=O. The van der Waals surface area contributed by atoms with Gasteiger partial charge in [0.25, 0.3) is 11.8 Å². The molecular weight excluding hydrogens is 476 g/mol. The van der Waals surface area contributed by atoms with E-state index in [0.717, 1.165) is 16.0 Å². The molecule has 3 aromatic rings. The van der Waals surface area contributed by atoms with Gasteiger partial charge in [0.2, 0.25) is 0 Å². The van der Waals surface area contributed by atoms with Gasteiger partial charge < -0.3 is 15.8 Å². The lowest BCUT2D eigenvalue weighted by Crippen LogP contribution is -2.17. The summed E-state index contributed by atoms with van der Waals surface area (Å²) in [4.78, 5) is 26.0. The van der Waals surface area contributed by atoms with E-state index >= 15 is 0 Å². The first-order valence-electron chi connectivity index (χ1n) is 9.96. The molecule has 2 aromatic carbocycles. The number of benzene rings is 2. The van der Waals surface area contributed by atoms with E-state index in [1.54, 1.807) is 18.2 Å². The van der Waals surface area contributed by atoms with Crippen LogP contribution in [0, 0.1) is 12.8 Å². The largest absolute Gasteiger partial charge is 0.492 e. The molecule has 31 heavy (non-hydrogen) atoms. The normalized spacial score (nSPS) is 10.9. The number of primary amides is 1. The molecule has 1 aromatic heterocycles. The number of anilines is 1. The lowest BCUT2D eigenvalue weighted by Gasteiger charge is -2.11. The van der Waals surface area contributed by atoms with Crippen LogP contribution in [0.3, 0.4) is 0 Å². The van der Waals surface area contributed by atoms with Crippen LogP contribution >= 0.6 is 27.3 Å².